The largest absolute Gasteiger partial charge is 0.315 e. The van der Waals surface area contributed by atoms with Crippen molar-refractivity contribution in [2.75, 3.05) is 26.2 Å². The van der Waals surface area contributed by atoms with E-state index in [0.717, 1.165) is 19.1 Å². The summed E-state index contributed by atoms with van der Waals surface area (Å²) >= 11 is 0. The standard InChI is InChI=1S/C15H32N2/c1-14-8-6-5-7-12-17(14)13-11-16-10-9-15(2,3)4/h14,16H,5-13H2,1-4H3. The number of hydrogen-bond donors (Lipinski definition) is 1. The minimum Gasteiger partial charge on any atom is -0.315 e. The van der Waals surface area contributed by atoms with Crippen molar-refractivity contribution in [1.29, 1.82) is 0 Å². The highest BCUT2D eigenvalue weighted by Gasteiger charge is 2.16. The summed E-state index contributed by atoms with van der Waals surface area (Å²) in [7, 11) is 0. The Bertz CT molecular complexity index is 196. The number of nitrogens with zero attached hydrogens (tertiary/aromatic N) is 1. The number of hydrogen-bond acceptors (Lipinski definition) is 2. The summed E-state index contributed by atoms with van der Waals surface area (Å²) in [5.74, 6) is 0. The second kappa shape index (κ2) is 7.38. The Morgan fingerprint density at radius 2 is 1.88 bits per heavy atom. The van der Waals surface area contributed by atoms with Crippen molar-refractivity contribution in [3.8, 4) is 0 Å². The molecular weight excluding hydrogens is 208 g/mol. The topological polar surface area (TPSA) is 15.3 Å². The highest BCUT2D eigenvalue weighted by Crippen LogP contribution is 2.17. The smallest absolute Gasteiger partial charge is 0.0110 e. The molecule has 0 aliphatic carbocycles. The Morgan fingerprint density at radius 3 is 2.59 bits per heavy atom. The molecule has 2 heteroatoms. The second-order valence-corrected chi connectivity index (χ2v) is 6.79. The van der Waals surface area contributed by atoms with Crippen LogP contribution in [0.1, 0.15) is 59.8 Å². The zero-order valence-corrected chi connectivity index (χ0v) is 12.4. The van der Waals surface area contributed by atoms with Crippen LogP contribution in [0.25, 0.3) is 0 Å². The van der Waals surface area contributed by atoms with Crippen molar-refractivity contribution >= 4 is 0 Å². The maximum absolute atomic E-state index is 3.59. The van der Waals surface area contributed by atoms with Gasteiger partial charge in [-0.1, -0.05) is 33.6 Å². The van der Waals surface area contributed by atoms with Gasteiger partial charge in [-0.15, -0.1) is 0 Å². The van der Waals surface area contributed by atoms with E-state index in [-0.39, 0.29) is 0 Å². The molecule has 0 aromatic carbocycles. The van der Waals surface area contributed by atoms with Crippen LogP contribution >= 0.6 is 0 Å². The zero-order valence-electron chi connectivity index (χ0n) is 12.4. The van der Waals surface area contributed by atoms with Crippen molar-refractivity contribution in [3.05, 3.63) is 0 Å². The summed E-state index contributed by atoms with van der Waals surface area (Å²) in [5.41, 5.74) is 0.461. The summed E-state index contributed by atoms with van der Waals surface area (Å²) in [6, 6.07) is 0.793. The molecule has 1 saturated heterocycles. The molecule has 1 atom stereocenters. The van der Waals surface area contributed by atoms with Crippen molar-refractivity contribution in [1.82, 2.24) is 10.2 Å². The van der Waals surface area contributed by atoms with Crippen LogP contribution < -0.4 is 5.32 Å². The van der Waals surface area contributed by atoms with Gasteiger partial charge in [0.15, 0.2) is 0 Å². The molecule has 17 heavy (non-hydrogen) atoms. The fourth-order valence-electron chi connectivity index (χ4n) is 2.48. The van der Waals surface area contributed by atoms with Crippen LogP contribution in [0.2, 0.25) is 0 Å². The lowest BCUT2D eigenvalue weighted by Gasteiger charge is -2.27. The van der Waals surface area contributed by atoms with Crippen LogP contribution in [0, 0.1) is 5.41 Å². The fraction of sp³-hybridized carbons (Fsp3) is 1.00. The normalized spacial score (nSPS) is 23.6. The maximum atomic E-state index is 3.59. The van der Waals surface area contributed by atoms with Gasteiger partial charge >= 0.3 is 0 Å². The van der Waals surface area contributed by atoms with Crippen molar-refractivity contribution in [2.24, 2.45) is 5.41 Å². The molecule has 0 saturated carbocycles. The van der Waals surface area contributed by atoms with E-state index in [0.29, 0.717) is 5.41 Å². The first-order valence-corrected chi connectivity index (χ1v) is 7.44. The van der Waals surface area contributed by atoms with Crippen LogP contribution in [0.4, 0.5) is 0 Å². The fourth-order valence-corrected chi connectivity index (χ4v) is 2.48. The Morgan fingerprint density at radius 1 is 1.12 bits per heavy atom. The molecule has 1 rings (SSSR count). The van der Waals surface area contributed by atoms with E-state index < -0.39 is 0 Å². The molecule has 0 aromatic rings. The SMILES string of the molecule is CC1CCCCCN1CCNCCC(C)(C)C. The van der Waals surface area contributed by atoms with Gasteiger partial charge in [0.1, 0.15) is 0 Å². The summed E-state index contributed by atoms with van der Waals surface area (Å²) in [4.78, 5) is 2.66. The Balaban J connectivity index is 2.08. The van der Waals surface area contributed by atoms with Crippen LogP contribution in [0.15, 0.2) is 0 Å². The molecule has 1 N–H and O–H groups in total. The molecular formula is C15H32N2. The van der Waals surface area contributed by atoms with Gasteiger partial charge in [-0.25, -0.2) is 0 Å². The Labute approximate surface area is 108 Å². The summed E-state index contributed by atoms with van der Waals surface area (Å²) in [6.45, 7) is 14.2. The number of rotatable bonds is 5. The molecule has 0 aromatic heterocycles. The summed E-state index contributed by atoms with van der Waals surface area (Å²) < 4.78 is 0. The summed E-state index contributed by atoms with van der Waals surface area (Å²) in [6.07, 6.45) is 6.91. The van der Waals surface area contributed by atoms with E-state index in [4.69, 9.17) is 0 Å². The third-order valence-corrected chi connectivity index (χ3v) is 3.82. The minimum absolute atomic E-state index is 0.461. The predicted molar refractivity (Wildman–Crippen MR) is 76.4 cm³/mol. The molecule has 1 unspecified atom stereocenters. The molecule has 102 valence electrons. The van der Waals surface area contributed by atoms with Gasteiger partial charge in [-0.3, -0.25) is 4.90 Å². The predicted octanol–water partition coefficient (Wildman–Crippen LogP) is 3.28. The lowest BCUT2D eigenvalue weighted by Crippen LogP contribution is -2.38. The molecule has 0 bridgehead atoms. The first kappa shape index (κ1) is 15.0. The highest BCUT2D eigenvalue weighted by molar-refractivity contribution is 4.72. The molecule has 1 fully saturated rings. The van der Waals surface area contributed by atoms with Gasteiger partial charge < -0.3 is 5.32 Å². The van der Waals surface area contributed by atoms with E-state index >= 15 is 0 Å². The average Bonchev–Trinajstić information content (AvgIpc) is 2.42. The number of nitrogens with one attached hydrogen (secondary N) is 1. The molecule has 1 aliphatic heterocycles. The zero-order chi connectivity index (χ0) is 12.7. The van der Waals surface area contributed by atoms with Crippen LogP contribution in [0.5, 0.6) is 0 Å². The van der Waals surface area contributed by atoms with Gasteiger partial charge in [-0.2, -0.15) is 0 Å². The molecule has 0 amide bonds. The van der Waals surface area contributed by atoms with Gasteiger partial charge in [-0.05, 0) is 44.7 Å². The van der Waals surface area contributed by atoms with Gasteiger partial charge in [0.2, 0.25) is 0 Å². The lowest BCUT2D eigenvalue weighted by atomic mass is 9.92. The first-order valence-electron chi connectivity index (χ1n) is 7.44. The van der Waals surface area contributed by atoms with Crippen LogP contribution in [0.3, 0.4) is 0 Å². The van der Waals surface area contributed by atoms with Crippen LogP contribution in [-0.2, 0) is 0 Å². The minimum atomic E-state index is 0.461. The van der Waals surface area contributed by atoms with E-state index in [1.54, 1.807) is 0 Å². The third kappa shape index (κ3) is 7.05. The van der Waals surface area contributed by atoms with E-state index in [2.05, 4.69) is 37.9 Å². The second-order valence-electron chi connectivity index (χ2n) is 6.79. The molecule has 0 spiro atoms. The molecule has 1 heterocycles. The maximum Gasteiger partial charge on any atom is 0.0110 e. The lowest BCUT2D eigenvalue weighted by molar-refractivity contribution is 0.213. The summed E-state index contributed by atoms with van der Waals surface area (Å²) in [5, 5.41) is 3.59. The average molecular weight is 240 g/mol. The van der Waals surface area contributed by atoms with Crippen molar-refractivity contribution < 1.29 is 0 Å². The van der Waals surface area contributed by atoms with E-state index in [9.17, 15) is 0 Å². The van der Waals surface area contributed by atoms with Crippen LogP contribution in [-0.4, -0.2) is 37.1 Å². The van der Waals surface area contributed by atoms with Gasteiger partial charge in [0.25, 0.3) is 0 Å². The van der Waals surface area contributed by atoms with E-state index in [1.807, 2.05) is 0 Å². The third-order valence-electron chi connectivity index (χ3n) is 3.82. The van der Waals surface area contributed by atoms with Crippen molar-refractivity contribution in [3.63, 3.8) is 0 Å². The number of likely N-dealkylation sites (tertiary alicyclic amines) is 1. The Hall–Kier alpha value is -0.0800. The van der Waals surface area contributed by atoms with E-state index in [1.165, 1.54) is 45.2 Å². The van der Waals surface area contributed by atoms with Gasteiger partial charge in [0, 0.05) is 19.1 Å². The molecule has 1 aliphatic rings. The first-order chi connectivity index (χ1) is 7.99. The molecule has 0 radical (unpaired) electrons. The molecule has 2 nitrogen and oxygen atoms in total. The Kier molecular flexibility index (Phi) is 6.50. The quantitative estimate of drug-likeness (QED) is 0.742. The van der Waals surface area contributed by atoms with Crippen molar-refractivity contribution in [2.45, 2.75) is 65.8 Å². The van der Waals surface area contributed by atoms with Gasteiger partial charge in [0.05, 0.1) is 0 Å². The monoisotopic (exact) mass is 240 g/mol. The highest BCUT2D eigenvalue weighted by atomic mass is 15.2.